The van der Waals surface area contributed by atoms with Gasteiger partial charge in [0.05, 0.1) is 17.3 Å². The predicted molar refractivity (Wildman–Crippen MR) is 105 cm³/mol. The number of amidine groups is 1. The van der Waals surface area contributed by atoms with E-state index in [0.717, 1.165) is 5.69 Å². The standard InChI is InChI=1S/C18H17BrClFN4O2/c1-3-25-15(11-5-4-10(21)6-12(11)20)14(18(26)27)13(7-19)24-17(25)16-22-8-9(2)23-16/h4-6,8,15H,3,7H2,1-2H3,(H,22,23)(H,26,27). The number of aliphatic imine (C=N–C) groups is 1. The van der Waals surface area contributed by atoms with Gasteiger partial charge in [-0.25, -0.2) is 19.2 Å². The van der Waals surface area contributed by atoms with Crippen molar-refractivity contribution in [1.29, 1.82) is 0 Å². The van der Waals surface area contributed by atoms with Crippen molar-refractivity contribution in [3.05, 3.63) is 63.6 Å². The zero-order valence-electron chi connectivity index (χ0n) is 14.6. The molecule has 1 aromatic carbocycles. The molecule has 1 aliphatic heterocycles. The van der Waals surface area contributed by atoms with Gasteiger partial charge in [-0.05, 0) is 31.5 Å². The Kier molecular flexibility index (Phi) is 5.67. The number of aromatic nitrogens is 2. The molecular formula is C18H17BrClFN4O2. The lowest BCUT2D eigenvalue weighted by molar-refractivity contribution is -0.133. The van der Waals surface area contributed by atoms with Gasteiger partial charge in [-0.3, -0.25) is 0 Å². The summed E-state index contributed by atoms with van der Waals surface area (Å²) in [6, 6.07) is 3.23. The van der Waals surface area contributed by atoms with Crippen LogP contribution < -0.4 is 0 Å². The Balaban J connectivity index is 2.26. The maximum Gasteiger partial charge on any atom is 0.335 e. The van der Waals surface area contributed by atoms with Gasteiger partial charge in [-0.2, -0.15) is 0 Å². The number of nitrogens with one attached hydrogen (secondary N) is 1. The summed E-state index contributed by atoms with van der Waals surface area (Å²) in [5.74, 6) is -0.553. The van der Waals surface area contributed by atoms with E-state index in [-0.39, 0.29) is 15.9 Å². The van der Waals surface area contributed by atoms with Crippen molar-refractivity contribution in [2.24, 2.45) is 4.99 Å². The third kappa shape index (κ3) is 3.64. The van der Waals surface area contributed by atoms with Gasteiger partial charge < -0.3 is 15.0 Å². The molecule has 9 heteroatoms. The number of carboxylic acid groups (broad SMARTS) is 1. The van der Waals surface area contributed by atoms with Crippen molar-refractivity contribution in [2.75, 3.05) is 11.9 Å². The molecule has 2 aromatic rings. The van der Waals surface area contributed by atoms with Crippen LogP contribution in [-0.4, -0.2) is 43.7 Å². The average Bonchev–Trinajstić information content (AvgIpc) is 3.06. The topological polar surface area (TPSA) is 81.6 Å². The number of aliphatic carboxylic acids is 1. The molecule has 0 saturated heterocycles. The fourth-order valence-corrected chi connectivity index (χ4v) is 3.82. The maximum absolute atomic E-state index is 13.6. The number of aromatic amines is 1. The molecule has 1 aliphatic rings. The highest BCUT2D eigenvalue weighted by atomic mass is 79.9. The highest BCUT2D eigenvalue weighted by Crippen LogP contribution is 2.39. The monoisotopic (exact) mass is 454 g/mol. The van der Waals surface area contributed by atoms with Crippen LogP contribution in [0.15, 0.2) is 40.7 Å². The molecule has 142 valence electrons. The van der Waals surface area contributed by atoms with Crippen molar-refractivity contribution in [3.63, 3.8) is 0 Å². The van der Waals surface area contributed by atoms with E-state index in [2.05, 4.69) is 30.9 Å². The Morgan fingerprint density at radius 1 is 1.48 bits per heavy atom. The molecule has 0 amide bonds. The fourth-order valence-electron chi connectivity index (χ4n) is 3.12. The molecule has 2 N–H and O–H groups in total. The fraction of sp³-hybridized carbons (Fsp3) is 0.278. The van der Waals surface area contributed by atoms with Gasteiger partial charge in [0.1, 0.15) is 5.82 Å². The van der Waals surface area contributed by atoms with Crippen LogP contribution in [0.2, 0.25) is 5.02 Å². The number of aryl methyl sites for hydroxylation is 1. The molecule has 1 aromatic heterocycles. The first-order valence-corrected chi connectivity index (χ1v) is 9.71. The maximum atomic E-state index is 13.6. The smallest absolute Gasteiger partial charge is 0.335 e. The molecule has 0 spiro atoms. The van der Waals surface area contributed by atoms with Crippen molar-refractivity contribution in [1.82, 2.24) is 14.9 Å². The van der Waals surface area contributed by atoms with E-state index >= 15 is 0 Å². The van der Waals surface area contributed by atoms with Gasteiger partial charge in [0.15, 0.2) is 11.7 Å². The number of H-pyrrole nitrogens is 1. The second-order valence-corrected chi connectivity index (χ2v) is 6.97. The summed E-state index contributed by atoms with van der Waals surface area (Å²) in [5, 5.41) is 10.3. The van der Waals surface area contributed by atoms with E-state index < -0.39 is 17.8 Å². The third-order valence-electron chi connectivity index (χ3n) is 4.28. The molecule has 6 nitrogen and oxygen atoms in total. The van der Waals surface area contributed by atoms with E-state index in [1.807, 2.05) is 13.8 Å². The molecule has 1 atom stereocenters. The predicted octanol–water partition coefficient (Wildman–Crippen LogP) is 4.07. The first-order chi connectivity index (χ1) is 12.9. The van der Waals surface area contributed by atoms with E-state index in [0.29, 0.717) is 29.5 Å². The van der Waals surface area contributed by atoms with Gasteiger partial charge in [0.25, 0.3) is 0 Å². The van der Waals surface area contributed by atoms with Gasteiger partial charge in [-0.15, -0.1) is 0 Å². The number of rotatable bonds is 5. The lowest BCUT2D eigenvalue weighted by atomic mass is 9.93. The number of halogens is 3. The number of carboxylic acids is 1. The lowest BCUT2D eigenvalue weighted by Crippen LogP contribution is -2.41. The van der Waals surface area contributed by atoms with Crippen molar-refractivity contribution in [3.8, 4) is 0 Å². The van der Waals surface area contributed by atoms with E-state index in [1.54, 1.807) is 11.1 Å². The van der Waals surface area contributed by atoms with Crippen LogP contribution in [-0.2, 0) is 4.79 Å². The minimum Gasteiger partial charge on any atom is -0.478 e. The lowest BCUT2D eigenvalue weighted by Gasteiger charge is -2.37. The Morgan fingerprint density at radius 2 is 2.22 bits per heavy atom. The normalized spacial score (nSPS) is 17.3. The van der Waals surface area contributed by atoms with Gasteiger partial charge in [-0.1, -0.05) is 33.6 Å². The zero-order chi connectivity index (χ0) is 19.7. The molecule has 0 fully saturated rings. The van der Waals surface area contributed by atoms with Gasteiger partial charge >= 0.3 is 5.97 Å². The summed E-state index contributed by atoms with van der Waals surface area (Å²) in [6.45, 7) is 4.20. The van der Waals surface area contributed by atoms with Crippen LogP contribution in [0, 0.1) is 12.7 Å². The molecule has 3 rings (SSSR count). The number of hydrogen-bond acceptors (Lipinski definition) is 4. The summed E-state index contributed by atoms with van der Waals surface area (Å²) < 4.78 is 13.6. The summed E-state index contributed by atoms with van der Waals surface area (Å²) >= 11 is 9.61. The molecule has 0 radical (unpaired) electrons. The number of allylic oxidation sites excluding steroid dienone is 1. The SMILES string of the molecule is CCN1C(c2ncc(C)[nH]2)=NC(CBr)=C(C(=O)O)C1c1ccc(F)cc1Cl. The van der Waals surface area contributed by atoms with Crippen molar-refractivity contribution in [2.45, 2.75) is 19.9 Å². The van der Waals surface area contributed by atoms with Crippen molar-refractivity contribution < 1.29 is 14.3 Å². The molecule has 0 bridgehead atoms. The number of imidazole rings is 1. The summed E-state index contributed by atoms with van der Waals surface area (Å²) in [5.41, 5.74) is 1.80. The zero-order valence-corrected chi connectivity index (χ0v) is 17.0. The summed E-state index contributed by atoms with van der Waals surface area (Å²) in [7, 11) is 0. The minimum absolute atomic E-state index is 0.0919. The first kappa shape index (κ1) is 19.6. The van der Waals surface area contributed by atoms with Crippen LogP contribution in [0.3, 0.4) is 0 Å². The second kappa shape index (κ2) is 7.82. The number of benzene rings is 1. The minimum atomic E-state index is -1.10. The number of carbonyl (C=O) groups is 1. The number of nitrogens with zero attached hydrogens (tertiary/aromatic N) is 3. The Hall–Kier alpha value is -2.19. The summed E-state index contributed by atoms with van der Waals surface area (Å²) in [6.07, 6.45) is 1.68. The number of likely N-dealkylation sites (N-methyl/N-ethyl adjacent to an activating group) is 1. The van der Waals surface area contributed by atoms with Crippen LogP contribution in [0.5, 0.6) is 0 Å². The molecule has 0 aliphatic carbocycles. The Morgan fingerprint density at radius 3 is 2.74 bits per heavy atom. The van der Waals surface area contributed by atoms with Gasteiger partial charge in [0, 0.05) is 28.8 Å². The number of alkyl halides is 1. The quantitative estimate of drug-likeness (QED) is 0.666. The molecule has 0 saturated carbocycles. The van der Waals surface area contributed by atoms with Crippen LogP contribution in [0.1, 0.15) is 30.0 Å². The van der Waals surface area contributed by atoms with Crippen LogP contribution in [0.25, 0.3) is 0 Å². The second-order valence-electron chi connectivity index (χ2n) is 6.00. The number of hydrogen-bond donors (Lipinski definition) is 2. The van der Waals surface area contributed by atoms with E-state index in [1.165, 1.54) is 18.2 Å². The third-order valence-corrected chi connectivity index (χ3v) is 5.14. The summed E-state index contributed by atoms with van der Waals surface area (Å²) in [4.78, 5) is 25.9. The Bertz CT molecular complexity index is 957. The largest absolute Gasteiger partial charge is 0.478 e. The highest BCUT2D eigenvalue weighted by Gasteiger charge is 2.38. The van der Waals surface area contributed by atoms with Crippen LogP contribution >= 0.6 is 27.5 Å². The molecular weight excluding hydrogens is 439 g/mol. The molecule has 27 heavy (non-hydrogen) atoms. The van der Waals surface area contributed by atoms with Gasteiger partial charge in [0.2, 0.25) is 0 Å². The van der Waals surface area contributed by atoms with Crippen molar-refractivity contribution >= 4 is 39.3 Å². The van der Waals surface area contributed by atoms with E-state index in [9.17, 15) is 14.3 Å². The highest BCUT2D eigenvalue weighted by molar-refractivity contribution is 9.09. The molecule has 2 heterocycles. The van der Waals surface area contributed by atoms with Crippen LogP contribution in [0.4, 0.5) is 4.39 Å². The molecule has 1 unspecified atom stereocenters. The van der Waals surface area contributed by atoms with E-state index in [4.69, 9.17) is 11.6 Å². The average molecular weight is 456 g/mol. The first-order valence-electron chi connectivity index (χ1n) is 8.21. The Labute approximate surface area is 168 Å².